The lowest BCUT2D eigenvalue weighted by Gasteiger charge is -2.10. The summed E-state index contributed by atoms with van der Waals surface area (Å²) >= 11 is 1.33. The molecule has 1 amide bonds. The molecule has 0 unspecified atom stereocenters. The molecular formula is C20H22N4O3S2. The van der Waals surface area contributed by atoms with Gasteiger partial charge in [0.15, 0.2) is 5.16 Å². The highest BCUT2D eigenvalue weighted by atomic mass is 32.2. The lowest BCUT2D eigenvalue weighted by Crippen LogP contribution is -2.16. The predicted octanol–water partition coefficient (Wildman–Crippen LogP) is 3.01. The zero-order valence-corrected chi connectivity index (χ0v) is 17.8. The Labute approximate surface area is 174 Å². The van der Waals surface area contributed by atoms with Gasteiger partial charge in [0.05, 0.1) is 11.5 Å². The first-order chi connectivity index (χ1) is 13.7. The van der Waals surface area contributed by atoms with E-state index in [0.717, 1.165) is 16.8 Å². The summed E-state index contributed by atoms with van der Waals surface area (Å²) in [7, 11) is -3.63. The predicted molar refractivity (Wildman–Crippen MR) is 116 cm³/mol. The number of primary sulfonamides is 1. The molecule has 1 heterocycles. The van der Waals surface area contributed by atoms with Crippen LogP contribution in [0, 0.1) is 13.8 Å². The molecule has 0 saturated carbocycles. The van der Waals surface area contributed by atoms with Crippen molar-refractivity contribution in [1.82, 2.24) is 9.55 Å². The van der Waals surface area contributed by atoms with E-state index >= 15 is 0 Å². The monoisotopic (exact) mass is 430 g/mol. The molecule has 2 aromatic carbocycles. The van der Waals surface area contributed by atoms with Gasteiger partial charge in [-0.15, -0.1) is 0 Å². The number of carbonyl (C=O) groups is 1. The van der Waals surface area contributed by atoms with E-state index in [4.69, 9.17) is 5.14 Å². The molecule has 152 valence electrons. The minimum atomic E-state index is -3.63. The van der Waals surface area contributed by atoms with Crippen LogP contribution in [0.3, 0.4) is 0 Å². The van der Waals surface area contributed by atoms with Gasteiger partial charge in [-0.3, -0.25) is 9.36 Å². The first kappa shape index (κ1) is 21.1. The Morgan fingerprint density at radius 1 is 1.17 bits per heavy atom. The summed E-state index contributed by atoms with van der Waals surface area (Å²) in [5, 5.41) is 8.57. The number of benzene rings is 2. The molecular weight excluding hydrogens is 408 g/mol. The Morgan fingerprint density at radius 2 is 1.90 bits per heavy atom. The van der Waals surface area contributed by atoms with E-state index in [1.54, 1.807) is 30.5 Å². The van der Waals surface area contributed by atoms with Crippen LogP contribution >= 0.6 is 11.8 Å². The van der Waals surface area contributed by atoms with Gasteiger partial charge in [-0.05, 0) is 54.8 Å². The summed E-state index contributed by atoms with van der Waals surface area (Å²) in [6.45, 7) is 4.08. The molecule has 0 spiro atoms. The fourth-order valence-corrected chi connectivity index (χ4v) is 4.40. The molecule has 29 heavy (non-hydrogen) atoms. The summed E-state index contributed by atoms with van der Waals surface area (Å²) in [6, 6.07) is 12.9. The van der Waals surface area contributed by atoms with Gasteiger partial charge in [0.2, 0.25) is 15.9 Å². The molecule has 3 N–H and O–H groups in total. The van der Waals surface area contributed by atoms with Gasteiger partial charge in [-0.25, -0.2) is 18.5 Å². The van der Waals surface area contributed by atoms with Crippen LogP contribution in [0.5, 0.6) is 0 Å². The second-order valence-electron chi connectivity index (χ2n) is 6.77. The Bertz CT molecular complexity index is 1120. The summed E-state index contributed by atoms with van der Waals surface area (Å²) in [6.07, 6.45) is 3.57. The average Bonchev–Trinajstić information content (AvgIpc) is 3.06. The number of aromatic nitrogens is 2. The molecule has 7 nitrogen and oxygen atoms in total. The van der Waals surface area contributed by atoms with Crippen LogP contribution in [0.25, 0.3) is 5.69 Å². The highest BCUT2D eigenvalue weighted by Gasteiger charge is 2.11. The molecule has 0 radical (unpaired) electrons. The Morgan fingerprint density at radius 3 is 2.59 bits per heavy atom. The van der Waals surface area contributed by atoms with E-state index in [-0.39, 0.29) is 17.4 Å². The van der Waals surface area contributed by atoms with E-state index in [0.29, 0.717) is 16.4 Å². The van der Waals surface area contributed by atoms with Crippen molar-refractivity contribution >= 4 is 33.4 Å². The van der Waals surface area contributed by atoms with Gasteiger partial charge in [-0.1, -0.05) is 30.0 Å². The summed E-state index contributed by atoms with van der Waals surface area (Å²) in [4.78, 5) is 16.7. The third-order valence-corrected chi connectivity index (χ3v) is 5.70. The van der Waals surface area contributed by atoms with Crippen molar-refractivity contribution in [3.8, 4) is 5.69 Å². The number of hydrogen-bond donors (Lipinski definition) is 2. The third-order valence-electron chi connectivity index (χ3n) is 4.00. The van der Waals surface area contributed by atoms with Gasteiger partial charge >= 0.3 is 0 Å². The normalized spacial score (nSPS) is 11.4. The number of aryl methyl sites for hydroxylation is 2. The van der Waals surface area contributed by atoms with Crippen molar-refractivity contribution in [1.29, 1.82) is 0 Å². The second kappa shape index (κ2) is 8.81. The highest BCUT2D eigenvalue weighted by molar-refractivity contribution is 7.99. The lowest BCUT2D eigenvalue weighted by atomic mass is 10.1. The van der Waals surface area contributed by atoms with Crippen molar-refractivity contribution in [2.24, 2.45) is 5.14 Å². The number of hydrogen-bond acceptors (Lipinski definition) is 5. The molecule has 9 heteroatoms. The molecule has 0 aliphatic heterocycles. The Balaban J connectivity index is 1.65. The van der Waals surface area contributed by atoms with Crippen LogP contribution in [0.4, 0.5) is 5.69 Å². The summed E-state index contributed by atoms with van der Waals surface area (Å²) < 4.78 is 24.4. The zero-order chi connectivity index (χ0) is 21.0. The zero-order valence-electron chi connectivity index (χ0n) is 16.1. The molecule has 0 bridgehead atoms. The van der Waals surface area contributed by atoms with E-state index in [1.807, 2.05) is 24.6 Å². The van der Waals surface area contributed by atoms with Crippen molar-refractivity contribution < 1.29 is 13.2 Å². The van der Waals surface area contributed by atoms with Crippen LogP contribution in [0.2, 0.25) is 0 Å². The lowest BCUT2D eigenvalue weighted by molar-refractivity contribution is -0.113. The van der Waals surface area contributed by atoms with Gasteiger partial charge in [0, 0.05) is 23.8 Å². The SMILES string of the molecule is Cc1cc(C)cc(-n2ccnc2SCC(=O)Nc2cccc(CS(N)(=O)=O)c2)c1. The summed E-state index contributed by atoms with van der Waals surface area (Å²) in [5.74, 6) is -0.322. The average molecular weight is 431 g/mol. The van der Waals surface area contributed by atoms with E-state index < -0.39 is 10.0 Å². The van der Waals surface area contributed by atoms with Crippen molar-refractivity contribution in [2.45, 2.75) is 24.8 Å². The second-order valence-corrected chi connectivity index (χ2v) is 9.33. The van der Waals surface area contributed by atoms with Crippen LogP contribution in [0.1, 0.15) is 16.7 Å². The van der Waals surface area contributed by atoms with E-state index in [2.05, 4.69) is 28.5 Å². The number of nitrogens with one attached hydrogen (secondary N) is 1. The molecule has 3 rings (SSSR count). The number of imidazole rings is 1. The van der Waals surface area contributed by atoms with Crippen molar-refractivity contribution in [3.05, 3.63) is 71.5 Å². The molecule has 3 aromatic rings. The van der Waals surface area contributed by atoms with Gasteiger partial charge in [0.25, 0.3) is 0 Å². The fraction of sp³-hybridized carbons (Fsp3) is 0.200. The summed E-state index contributed by atoms with van der Waals surface area (Å²) in [5.41, 5.74) is 4.35. The van der Waals surface area contributed by atoms with Crippen molar-refractivity contribution in [2.75, 3.05) is 11.1 Å². The quantitative estimate of drug-likeness (QED) is 0.560. The maximum absolute atomic E-state index is 12.3. The molecule has 0 atom stereocenters. The number of carbonyl (C=O) groups excluding carboxylic acids is 1. The number of nitrogens with two attached hydrogens (primary N) is 1. The molecule has 0 fully saturated rings. The first-order valence-corrected chi connectivity index (χ1v) is 11.5. The van der Waals surface area contributed by atoms with Crippen LogP contribution < -0.4 is 10.5 Å². The standard InChI is InChI=1S/C20H22N4O3S2/c1-14-8-15(2)10-18(9-14)24-7-6-22-20(24)28-12-19(25)23-17-5-3-4-16(11-17)13-29(21,26)27/h3-11H,12-13H2,1-2H3,(H,23,25)(H2,21,26,27). The third kappa shape index (κ3) is 6.18. The van der Waals surface area contributed by atoms with E-state index in [9.17, 15) is 13.2 Å². The Hall–Kier alpha value is -2.62. The number of nitrogens with zero attached hydrogens (tertiary/aromatic N) is 2. The van der Waals surface area contributed by atoms with Gasteiger partial charge < -0.3 is 5.32 Å². The van der Waals surface area contributed by atoms with Gasteiger partial charge in [-0.2, -0.15) is 0 Å². The number of anilines is 1. The number of thioether (sulfide) groups is 1. The minimum absolute atomic E-state index is 0.168. The number of rotatable bonds is 7. The number of amides is 1. The first-order valence-electron chi connectivity index (χ1n) is 8.84. The molecule has 0 aliphatic rings. The minimum Gasteiger partial charge on any atom is -0.325 e. The highest BCUT2D eigenvalue weighted by Crippen LogP contribution is 2.22. The van der Waals surface area contributed by atoms with Crippen LogP contribution in [0.15, 0.2) is 60.0 Å². The maximum Gasteiger partial charge on any atom is 0.234 e. The molecule has 0 aliphatic carbocycles. The largest absolute Gasteiger partial charge is 0.325 e. The number of sulfonamides is 1. The van der Waals surface area contributed by atoms with Gasteiger partial charge in [0.1, 0.15) is 0 Å². The fourth-order valence-electron chi connectivity index (χ4n) is 2.98. The van der Waals surface area contributed by atoms with E-state index in [1.165, 1.54) is 11.8 Å². The topological polar surface area (TPSA) is 107 Å². The van der Waals surface area contributed by atoms with Crippen molar-refractivity contribution in [3.63, 3.8) is 0 Å². The van der Waals surface area contributed by atoms with Crippen LogP contribution in [-0.2, 0) is 20.6 Å². The molecule has 0 saturated heterocycles. The van der Waals surface area contributed by atoms with Crippen LogP contribution in [-0.4, -0.2) is 29.6 Å². The maximum atomic E-state index is 12.3. The molecule has 1 aromatic heterocycles. The smallest absolute Gasteiger partial charge is 0.234 e. The Kier molecular flexibility index (Phi) is 6.41.